The minimum atomic E-state index is 0.0311. The van der Waals surface area contributed by atoms with E-state index in [0.29, 0.717) is 38.8 Å². The van der Waals surface area contributed by atoms with Gasteiger partial charge in [-0.05, 0) is 32.1 Å². The molecule has 52 heavy (non-hydrogen) atoms. The summed E-state index contributed by atoms with van der Waals surface area (Å²) < 4.78 is 0. The summed E-state index contributed by atoms with van der Waals surface area (Å²) in [7, 11) is 1.93. The number of carbonyl (C=O) groups is 3. The number of unbranched alkanes of at least 4 members (excludes halogenated alkanes) is 30. The van der Waals surface area contributed by atoms with Gasteiger partial charge in [0.1, 0.15) is 0 Å². The van der Waals surface area contributed by atoms with Gasteiger partial charge in [-0.3, -0.25) is 14.4 Å². The average Bonchev–Trinajstić information content (AvgIpc) is 3.14. The molecule has 0 spiro atoms. The Balaban J connectivity index is 3.43. The molecular weight excluding hydrogens is 643 g/mol. The number of nitrogens with zero attached hydrogens (tertiary/aromatic N) is 1. The van der Waals surface area contributed by atoms with Gasteiger partial charge in [0, 0.05) is 45.9 Å². The van der Waals surface area contributed by atoms with Gasteiger partial charge >= 0.3 is 0 Å². The van der Waals surface area contributed by atoms with Crippen LogP contribution in [0, 0.1) is 0 Å². The summed E-state index contributed by atoms with van der Waals surface area (Å²) in [6, 6.07) is 0. The largest absolute Gasteiger partial charge is 0.356 e. The first kappa shape index (κ1) is 50.4. The maximum atomic E-state index is 12.5. The number of carbonyl (C=O) groups excluding carboxylic acids is 3. The van der Waals surface area contributed by atoms with Gasteiger partial charge in [-0.1, -0.05) is 200 Å². The molecule has 0 aliphatic carbocycles. The summed E-state index contributed by atoms with van der Waals surface area (Å²) in [5.41, 5.74) is 0. The van der Waals surface area contributed by atoms with Gasteiger partial charge in [-0.15, -0.1) is 0 Å². The Kier molecular flexibility index (Phi) is 40.9. The summed E-state index contributed by atoms with van der Waals surface area (Å²) in [6.07, 6.45) is 45.6. The SMILES string of the molecule is CCCCCCCCCCCCCCCCCCN(C)C(=O)CCCCNC(=O)CCCNC(=O)CCCCCCCCCCCCCCCCC. The number of hydrogen-bond acceptors (Lipinski definition) is 3. The summed E-state index contributed by atoms with van der Waals surface area (Å²) in [4.78, 5) is 38.6. The molecular formula is C46H91N3O3. The van der Waals surface area contributed by atoms with E-state index in [1.165, 1.54) is 180 Å². The van der Waals surface area contributed by atoms with Crippen LogP contribution in [0.2, 0.25) is 0 Å². The zero-order chi connectivity index (χ0) is 38.0. The molecule has 0 saturated heterocycles. The zero-order valence-electron chi connectivity index (χ0n) is 35.5. The molecule has 0 atom stereocenters. The Morgan fingerprint density at radius 1 is 0.346 bits per heavy atom. The number of amides is 3. The van der Waals surface area contributed by atoms with Crippen molar-refractivity contribution in [2.45, 2.75) is 251 Å². The van der Waals surface area contributed by atoms with Crippen LogP contribution >= 0.6 is 0 Å². The molecule has 0 radical (unpaired) electrons. The standard InChI is InChI=1S/C46H91N3O3/c1-4-6-8-10-12-14-16-18-20-22-24-26-28-30-32-36-43-49(3)46(52)40-34-35-41-47-45(51)39-37-42-48-44(50)38-33-31-29-27-25-23-21-19-17-15-13-11-9-7-5-2/h4-43H2,1-3H3,(H,47,51)(H,48,50). The third kappa shape index (κ3) is 39.6. The fourth-order valence-electron chi connectivity index (χ4n) is 7.15. The minimum absolute atomic E-state index is 0.0311. The molecule has 2 N–H and O–H groups in total. The van der Waals surface area contributed by atoms with Crippen molar-refractivity contribution >= 4 is 17.7 Å². The van der Waals surface area contributed by atoms with Crippen molar-refractivity contribution in [3.63, 3.8) is 0 Å². The van der Waals surface area contributed by atoms with E-state index in [1.54, 1.807) is 0 Å². The van der Waals surface area contributed by atoms with Crippen LogP contribution in [0.5, 0.6) is 0 Å². The van der Waals surface area contributed by atoms with E-state index < -0.39 is 0 Å². The van der Waals surface area contributed by atoms with Crippen molar-refractivity contribution in [3.8, 4) is 0 Å². The van der Waals surface area contributed by atoms with Crippen LogP contribution in [0.4, 0.5) is 0 Å². The van der Waals surface area contributed by atoms with E-state index in [4.69, 9.17) is 0 Å². The number of rotatable bonds is 42. The van der Waals surface area contributed by atoms with Gasteiger partial charge in [0.2, 0.25) is 17.7 Å². The molecule has 0 aliphatic heterocycles. The molecule has 0 fully saturated rings. The maximum Gasteiger partial charge on any atom is 0.222 e. The quantitative estimate of drug-likeness (QED) is 0.0613. The first-order valence-electron chi connectivity index (χ1n) is 23.3. The lowest BCUT2D eigenvalue weighted by Crippen LogP contribution is -2.29. The third-order valence-electron chi connectivity index (χ3n) is 10.8. The summed E-state index contributed by atoms with van der Waals surface area (Å²) in [6.45, 7) is 6.59. The second-order valence-electron chi connectivity index (χ2n) is 16.1. The van der Waals surface area contributed by atoms with E-state index in [9.17, 15) is 14.4 Å². The molecule has 0 aromatic carbocycles. The van der Waals surface area contributed by atoms with E-state index in [-0.39, 0.29) is 17.7 Å². The maximum absolute atomic E-state index is 12.5. The molecule has 308 valence electrons. The van der Waals surface area contributed by atoms with Gasteiger partial charge in [0.25, 0.3) is 0 Å². The van der Waals surface area contributed by atoms with Gasteiger partial charge in [0.05, 0.1) is 0 Å². The molecule has 6 heteroatoms. The van der Waals surface area contributed by atoms with Gasteiger partial charge < -0.3 is 15.5 Å². The highest BCUT2D eigenvalue weighted by molar-refractivity contribution is 5.77. The molecule has 6 nitrogen and oxygen atoms in total. The predicted octanol–water partition coefficient (Wildman–Crippen LogP) is 13.2. The Labute approximate surface area is 325 Å². The Morgan fingerprint density at radius 2 is 0.635 bits per heavy atom. The van der Waals surface area contributed by atoms with Crippen LogP contribution in [-0.2, 0) is 14.4 Å². The second-order valence-corrected chi connectivity index (χ2v) is 16.1. The average molecular weight is 734 g/mol. The van der Waals surface area contributed by atoms with Gasteiger partial charge in [0.15, 0.2) is 0 Å². The monoisotopic (exact) mass is 734 g/mol. The van der Waals surface area contributed by atoms with Crippen LogP contribution in [0.1, 0.15) is 251 Å². The van der Waals surface area contributed by atoms with Crippen molar-refractivity contribution in [2.75, 3.05) is 26.7 Å². The van der Waals surface area contributed by atoms with Crippen molar-refractivity contribution in [3.05, 3.63) is 0 Å². The van der Waals surface area contributed by atoms with Crippen molar-refractivity contribution in [2.24, 2.45) is 0 Å². The molecule has 0 aromatic rings. The Hall–Kier alpha value is -1.59. The van der Waals surface area contributed by atoms with Crippen LogP contribution < -0.4 is 10.6 Å². The first-order valence-corrected chi connectivity index (χ1v) is 23.3. The number of hydrogen-bond donors (Lipinski definition) is 2. The normalized spacial score (nSPS) is 11.2. The fraction of sp³-hybridized carbons (Fsp3) is 0.935. The van der Waals surface area contributed by atoms with Gasteiger partial charge in [-0.25, -0.2) is 0 Å². The first-order chi connectivity index (χ1) is 25.5. The van der Waals surface area contributed by atoms with Crippen molar-refractivity contribution in [1.82, 2.24) is 15.5 Å². The fourth-order valence-corrected chi connectivity index (χ4v) is 7.15. The molecule has 0 bridgehead atoms. The molecule has 0 aromatic heterocycles. The smallest absolute Gasteiger partial charge is 0.222 e. The number of nitrogens with one attached hydrogen (secondary N) is 2. The third-order valence-corrected chi connectivity index (χ3v) is 10.8. The molecule has 0 aliphatic rings. The highest BCUT2D eigenvalue weighted by Gasteiger charge is 2.09. The zero-order valence-corrected chi connectivity index (χ0v) is 35.5. The van der Waals surface area contributed by atoms with E-state index >= 15 is 0 Å². The van der Waals surface area contributed by atoms with Crippen LogP contribution in [0.25, 0.3) is 0 Å². The summed E-state index contributed by atoms with van der Waals surface area (Å²) in [5, 5.41) is 5.94. The molecule has 0 heterocycles. The van der Waals surface area contributed by atoms with E-state index in [1.807, 2.05) is 11.9 Å². The lowest BCUT2D eigenvalue weighted by atomic mass is 10.0. The predicted molar refractivity (Wildman–Crippen MR) is 226 cm³/mol. The molecule has 0 rings (SSSR count). The second kappa shape index (κ2) is 42.2. The van der Waals surface area contributed by atoms with Crippen LogP contribution in [0.15, 0.2) is 0 Å². The molecule has 0 unspecified atom stereocenters. The summed E-state index contributed by atoms with van der Waals surface area (Å²) in [5.74, 6) is 0.357. The van der Waals surface area contributed by atoms with E-state index in [0.717, 1.165) is 38.6 Å². The highest BCUT2D eigenvalue weighted by atomic mass is 16.2. The topological polar surface area (TPSA) is 78.5 Å². The Bertz CT molecular complexity index is 774. The lowest BCUT2D eigenvalue weighted by molar-refractivity contribution is -0.130. The van der Waals surface area contributed by atoms with Crippen molar-refractivity contribution in [1.29, 1.82) is 0 Å². The highest BCUT2D eigenvalue weighted by Crippen LogP contribution is 2.15. The van der Waals surface area contributed by atoms with Crippen LogP contribution in [0.3, 0.4) is 0 Å². The van der Waals surface area contributed by atoms with E-state index in [2.05, 4.69) is 24.5 Å². The molecule has 0 saturated carbocycles. The molecule has 3 amide bonds. The Morgan fingerprint density at radius 3 is 1.02 bits per heavy atom. The van der Waals surface area contributed by atoms with Crippen molar-refractivity contribution < 1.29 is 14.4 Å². The van der Waals surface area contributed by atoms with Crippen LogP contribution in [-0.4, -0.2) is 49.3 Å². The van der Waals surface area contributed by atoms with Gasteiger partial charge in [-0.2, -0.15) is 0 Å². The lowest BCUT2D eigenvalue weighted by Gasteiger charge is -2.17. The summed E-state index contributed by atoms with van der Waals surface area (Å²) >= 11 is 0. The minimum Gasteiger partial charge on any atom is -0.356 e.